The van der Waals surface area contributed by atoms with Crippen LogP contribution in [0.25, 0.3) is 0 Å². The van der Waals surface area contributed by atoms with Crippen molar-refractivity contribution in [2.24, 2.45) is 0 Å². The molecule has 0 saturated heterocycles. The van der Waals surface area contributed by atoms with Crippen molar-refractivity contribution in [3.05, 3.63) is 56.7 Å². The second kappa shape index (κ2) is 6.19. The summed E-state index contributed by atoms with van der Waals surface area (Å²) in [5, 5.41) is 21.2. The van der Waals surface area contributed by atoms with E-state index in [0.717, 1.165) is 5.56 Å². The first-order valence-electron chi connectivity index (χ1n) is 6.30. The normalized spacial score (nSPS) is 12.2. The molecule has 7 heteroatoms. The van der Waals surface area contributed by atoms with Crippen molar-refractivity contribution >= 4 is 22.0 Å². The Morgan fingerprint density at radius 2 is 2.05 bits per heavy atom. The number of anilines is 1. The van der Waals surface area contributed by atoms with E-state index in [-0.39, 0.29) is 11.5 Å². The second-order valence-electron chi connectivity index (χ2n) is 4.75. The predicted octanol–water partition coefficient (Wildman–Crippen LogP) is 3.49. The van der Waals surface area contributed by atoms with Crippen LogP contribution < -0.4 is 4.90 Å². The van der Waals surface area contributed by atoms with Gasteiger partial charge in [-0.15, -0.1) is 11.3 Å². The fraction of sp³-hybridized carbons (Fsp3) is 0.286. The summed E-state index contributed by atoms with van der Waals surface area (Å²) < 4.78 is 12.9. The molecule has 1 heterocycles. The molecule has 0 radical (unpaired) electrons. The van der Waals surface area contributed by atoms with Gasteiger partial charge in [0.25, 0.3) is 0 Å². The highest BCUT2D eigenvalue weighted by Gasteiger charge is 2.23. The number of benzene rings is 1. The van der Waals surface area contributed by atoms with Gasteiger partial charge in [-0.25, -0.2) is 4.39 Å². The third-order valence-electron chi connectivity index (χ3n) is 3.00. The lowest BCUT2D eigenvalue weighted by atomic mass is 10.2. The Hall–Kier alpha value is -1.99. The SMILES string of the molecule is C[C@@H](O)c1cc([N+](=O)[O-])c(N(C)Cc2ccc(F)cc2)s1. The Morgan fingerprint density at radius 3 is 2.57 bits per heavy atom. The first kappa shape index (κ1) is 15.4. The smallest absolute Gasteiger partial charge is 0.304 e. The first-order chi connectivity index (χ1) is 9.88. The van der Waals surface area contributed by atoms with Gasteiger partial charge in [-0.2, -0.15) is 0 Å². The van der Waals surface area contributed by atoms with Gasteiger partial charge in [-0.1, -0.05) is 12.1 Å². The average Bonchev–Trinajstić information content (AvgIpc) is 2.87. The number of nitrogens with zero attached hydrogens (tertiary/aromatic N) is 2. The maximum atomic E-state index is 12.9. The summed E-state index contributed by atoms with van der Waals surface area (Å²) in [4.78, 5) is 12.9. The number of thiophene rings is 1. The van der Waals surface area contributed by atoms with Gasteiger partial charge in [-0.05, 0) is 24.6 Å². The monoisotopic (exact) mass is 310 g/mol. The summed E-state index contributed by atoms with van der Waals surface area (Å²) in [5.74, 6) is -0.320. The molecule has 0 spiro atoms. The van der Waals surface area contributed by atoms with E-state index < -0.39 is 11.0 Å². The molecule has 0 fully saturated rings. The molecule has 1 aromatic heterocycles. The summed E-state index contributed by atoms with van der Waals surface area (Å²) >= 11 is 1.19. The molecule has 5 nitrogen and oxygen atoms in total. The third-order valence-corrected chi connectivity index (χ3v) is 4.41. The first-order valence-corrected chi connectivity index (χ1v) is 7.12. The Labute approximate surface area is 125 Å². The van der Waals surface area contributed by atoms with Crippen LogP contribution in [0, 0.1) is 15.9 Å². The summed E-state index contributed by atoms with van der Waals surface area (Å²) in [6, 6.07) is 7.38. The Kier molecular flexibility index (Phi) is 4.54. The lowest BCUT2D eigenvalue weighted by Crippen LogP contribution is -2.16. The number of hydrogen-bond acceptors (Lipinski definition) is 5. The third kappa shape index (κ3) is 3.56. The number of halogens is 1. The van der Waals surface area contributed by atoms with Crippen LogP contribution >= 0.6 is 11.3 Å². The highest BCUT2D eigenvalue weighted by atomic mass is 32.1. The summed E-state index contributed by atoms with van der Waals surface area (Å²) in [6.07, 6.45) is -0.748. The van der Waals surface area contributed by atoms with Crippen molar-refractivity contribution < 1.29 is 14.4 Å². The standard InChI is InChI=1S/C14H15FN2O3S/c1-9(18)13-7-12(17(19)20)14(21-13)16(2)8-10-3-5-11(15)6-4-10/h3-7,9,18H,8H2,1-2H3/t9-/m1/s1. The fourth-order valence-corrected chi connectivity index (χ4v) is 2.96. The van der Waals surface area contributed by atoms with Crippen LogP contribution in [0.5, 0.6) is 0 Å². The molecule has 0 bridgehead atoms. The molecular formula is C14H15FN2O3S. The van der Waals surface area contributed by atoms with Crippen molar-refractivity contribution in [1.82, 2.24) is 0 Å². The second-order valence-corrected chi connectivity index (χ2v) is 5.82. The molecule has 21 heavy (non-hydrogen) atoms. The van der Waals surface area contributed by atoms with E-state index in [2.05, 4.69) is 0 Å². The fourth-order valence-electron chi connectivity index (χ4n) is 1.94. The quantitative estimate of drug-likeness (QED) is 0.678. The number of nitro groups is 1. The van der Waals surface area contributed by atoms with Gasteiger partial charge in [0.1, 0.15) is 5.82 Å². The van der Waals surface area contributed by atoms with E-state index in [4.69, 9.17) is 0 Å². The van der Waals surface area contributed by atoms with Crippen LogP contribution in [0.2, 0.25) is 0 Å². The molecule has 0 aliphatic carbocycles. The molecule has 1 N–H and O–H groups in total. The van der Waals surface area contributed by atoms with Gasteiger partial charge in [0, 0.05) is 24.5 Å². The van der Waals surface area contributed by atoms with Crippen LogP contribution in [0.15, 0.2) is 30.3 Å². The van der Waals surface area contributed by atoms with E-state index in [1.165, 1.54) is 29.5 Å². The van der Waals surface area contributed by atoms with Crippen LogP contribution in [0.4, 0.5) is 15.1 Å². The summed E-state index contributed by atoms with van der Waals surface area (Å²) in [6.45, 7) is 1.99. The van der Waals surface area contributed by atoms with Crippen molar-refractivity contribution in [2.45, 2.75) is 19.6 Å². The van der Waals surface area contributed by atoms with E-state index in [1.807, 2.05) is 0 Å². The molecule has 112 valence electrons. The molecular weight excluding hydrogens is 295 g/mol. The molecule has 0 saturated carbocycles. The minimum Gasteiger partial charge on any atom is -0.388 e. The highest BCUT2D eigenvalue weighted by Crippen LogP contribution is 2.40. The minimum absolute atomic E-state index is 0.0273. The lowest BCUT2D eigenvalue weighted by molar-refractivity contribution is -0.383. The Balaban J connectivity index is 2.27. The zero-order valence-corrected chi connectivity index (χ0v) is 12.4. The maximum Gasteiger partial charge on any atom is 0.304 e. The van der Waals surface area contributed by atoms with E-state index in [0.29, 0.717) is 16.4 Å². The molecule has 1 atom stereocenters. The summed E-state index contributed by atoms with van der Waals surface area (Å²) in [5.41, 5.74) is 0.820. The van der Waals surface area contributed by atoms with Crippen molar-refractivity contribution in [2.75, 3.05) is 11.9 Å². The van der Waals surface area contributed by atoms with Gasteiger partial charge in [0.05, 0.1) is 11.0 Å². The van der Waals surface area contributed by atoms with Crippen LogP contribution in [0.1, 0.15) is 23.5 Å². The number of rotatable bonds is 5. The van der Waals surface area contributed by atoms with Gasteiger partial charge >= 0.3 is 5.69 Å². The van der Waals surface area contributed by atoms with E-state index in [9.17, 15) is 19.6 Å². The largest absolute Gasteiger partial charge is 0.388 e. The zero-order valence-electron chi connectivity index (χ0n) is 11.6. The highest BCUT2D eigenvalue weighted by molar-refractivity contribution is 7.16. The minimum atomic E-state index is -0.748. The number of hydrogen-bond donors (Lipinski definition) is 1. The number of aliphatic hydroxyl groups is 1. The number of aliphatic hydroxyl groups excluding tert-OH is 1. The molecule has 0 unspecified atom stereocenters. The molecule has 0 aliphatic heterocycles. The Bertz CT molecular complexity index is 640. The van der Waals surface area contributed by atoms with Crippen LogP contribution in [-0.4, -0.2) is 17.1 Å². The maximum absolute atomic E-state index is 12.9. The van der Waals surface area contributed by atoms with E-state index in [1.54, 1.807) is 31.0 Å². The van der Waals surface area contributed by atoms with Gasteiger partial charge in [-0.3, -0.25) is 10.1 Å². The summed E-state index contributed by atoms with van der Waals surface area (Å²) in [7, 11) is 1.73. The molecule has 2 rings (SSSR count). The topological polar surface area (TPSA) is 66.6 Å². The van der Waals surface area contributed by atoms with Crippen LogP contribution in [0.3, 0.4) is 0 Å². The Morgan fingerprint density at radius 1 is 1.43 bits per heavy atom. The predicted molar refractivity (Wildman–Crippen MR) is 80.1 cm³/mol. The van der Waals surface area contributed by atoms with Crippen molar-refractivity contribution in [3.63, 3.8) is 0 Å². The molecule has 0 aliphatic rings. The van der Waals surface area contributed by atoms with E-state index >= 15 is 0 Å². The average molecular weight is 310 g/mol. The van der Waals surface area contributed by atoms with Crippen molar-refractivity contribution in [1.29, 1.82) is 0 Å². The van der Waals surface area contributed by atoms with Gasteiger partial charge in [0.15, 0.2) is 5.00 Å². The lowest BCUT2D eigenvalue weighted by Gasteiger charge is -2.16. The molecule has 0 amide bonds. The molecule has 2 aromatic rings. The van der Waals surface area contributed by atoms with Crippen molar-refractivity contribution in [3.8, 4) is 0 Å². The van der Waals surface area contributed by atoms with Gasteiger partial charge in [0.2, 0.25) is 0 Å². The van der Waals surface area contributed by atoms with Crippen LogP contribution in [-0.2, 0) is 6.54 Å². The van der Waals surface area contributed by atoms with Gasteiger partial charge < -0.3 is 10.0 Å². The zero-order chi connectivity index (χ0) is 15.6. The molecule has 1 aromatic carbocycles.